The summed E-state index contributed by atoms with van der Waals surface area (Å²) in [5, 5.41) is 3.33. The molecule has 0 aliphatic carbocycles. The highest BCUT2D eigenvalue weighted by atomic mass is 35.5. The van der Waals surface area contributed by atoms with Crippen molar-refractivity contribution in [1.29, 1.82) is 0 Å². The van der Waals surface area contributed by atoms with E-state index in [1.165, 1.54) is 29.8 Å². The van der Waals surface area contributed by atoms with Crippen LogP contribution in [0.3, 0.4) is 0 Å². The van der Waals surface area contributed by atoms with Gasteiger partial charge in [0.2, 0.25) is 0 Å². The quantitative estimate of drug-likeness (QED) is 0.843. The van der Waals surface area contributed by atoms with Crippen molar-refractivity contribution >= 4 is 41.8 Å². The summed E-state index contributed by atoms with van der Waals surface area (Å²) in [7, 11) is 0. The van der Waals surface area contributed by atoms with Gasteiger partial charge in [-0.3, -0.25) is 4.90 Å². The largest absolute Gasteiger partial charge is 0.399 e. The first-order valence-electron chi connectivity index (χ1n) is 6.81. The minimum atomic E-state index is 0. The highest BCUT2D eigenvalue weighted by molar-refractivity contribution is 7.09. The van der Waals surface area contributed by atoms with E-state index >= 15 is 0 Å². The third-order valence-corrected chi connectivity index (χ3v) is 4.56. The van der Waals surface area contributed by atoms with Crippen LogP contribution in [0.25, 0.3) is 0 Å². The van der Waals surface area contributed by atoms with E-state index in [1.54, 1.807) is 11.3 Å². The molecule has 1 saturated heterocycles. The summed E-state index contributed by atoms with van der Waals surface area (Å²) in [6.07, 6.45) is 5.71. The molecule has 6 heteroatoms. The standard InChI is InChI=1S/C15H19N3S.2ClH/c16-13-5-3-4-12(10-13)11-18-8-2-1-6-14(18)15-17-7-9-19-15;;/h3-5,7,9-10,14H,1-2,6,8,11,16H2;2*1H. The summed E-state index contributed by atoms with van der Waals surface area (Å²) in [6.45, 7) is 2.12. The van der Waals surface area contributed by atoms with E-state index in [9.17, 15) is 0 Å². The third kappa shape index (κ3) is 4.58. The van der Waals surface area contributed by atoms with Gasteiger partial charge in [0.15, 0.2) is 0 Å². The molecule has 1 fully saturated rings. The van der Waals surface area contributed by atoms with E-state index in [4.69, 9.17) is 5.73 Å². The summed E-state index contributed by atoms with van der Waals surface area (Å²) in [5.74, 6) is 0. The zero-order valence-corrected chi connectivity index (χ0v) is 14.2. The molecule has 116 valence electrons. The first-order chi connectivity index (χ1) is 9.33. The molecular formula is C15H21Cl2N3S. The Morgan fingerprint density at radius 2 is 2.14 bits per heavy atom. The van der Waals surface area contributed by atoms with Crippen molar-refractivity contribution in [2.45, 2.75) is 31.8 Å². The third-order valence-electron chi connectivity index (χ3n) is 3.69. The van der Waals surface area contributed by atoms with E-state index in [1.807, 2.05) is 18.3 Å². The fraction of sp³-hybridized carbons (Fsp3) is 0.400. The first kappa shape index (κ1) is 18.2. The lowest BCUT2D eigenvalue weighted by molar-refractivity contribution is 0.140. The van der Waals surface area contributed by atoms with Crippen LogP contribution in [0, 0.1) is 0 Å². The van der Waals surface area contributed by atoms with Crippen LogP contribution in [-0.4, -0.2) is 16.4 Å². The van der Waals surface area contributed by atoms with E-state index in [-0.39, 0.29) is 24.8 Å². The lowest BCUT2D eigenvalue weighted by Gasteiger charge is -2.34. The minimum absolute atomic E-state index is 0. The highest BCUT2D eigenvalue weighted by Crippen LogP contribution is 2.33. The Hall–Kier alpha value is -0.810. The van der Waals surface area contributed by atoms with Gasteiger partial charge in [0, 0.05) is 23.8 Å². The number of nitrogens with zero attached hydrogens (tertiary/aromatic N) is 2. The van der Waals surface area contributed by atoms with Crippen LogP contribution in [0.2, 0.25) is 0 Å². The monoisotopic (exact) mass is 345 g/mol. The Morgan fingerprint density at radius 1 is 1.29 bits per heavy atom. The second-order valence-corrected chi connectivity index (χ2v) is 6.02. The molecule has 0 saturated carbocycles. The van der Waals surface area contributed by atoms with Crippen LogP contribution in [0.4, 0.5) is 5.69 Å². The lowest BCUT2D eigenvalue weighted by atomic mass is 10.0. The highest BCUT2D eigenvalue weighted by Gasteiger charge is 2.25. The molecule has 1 aromatic carbocycles. The number of benzene rings is 1. The number of aromatic nitrogens is 1. The van der Waals surface area contributed by atoms with E-state index in [0.717, 1.165) is 18.8 Å². The van der Waals surface area contributed by atoms with Crippen LogP contribution in [0.1, 0.15) is 35.9 Å². The number of piperidine rings is 1. The van der Waals surface area contributed by atoms with Gasteiger partial charge in [0.05, 0.1) is 6.04 Å². The molecular weight excluding hydrogens is 325 g/mol. The predicted octanol–water partition coefficient (Wildman–Crippen LogP) is 4.30. The SMILES string of the molecule is Cl.Cl.Nc1cccc(CN2CCCCC2c2nccs2)c1. The molecule has 2 heterocycles. The van der Waals surface area contributed by atoms with Gasteiger partial charge in [-0.1, -0.05) is 18.6 Å². The maximum atomic E-state index is 5.86. The Bertz CT molecular complexity index is 533. The smallest absolute Gasteiger partial charge is 0.110 e. The van der Waals surface area contributed by atoms with E-state index in [2.05, 4.69) is 27.4 Å². The van der Waals surface area contributed by atoms with Crippen molar-refractivity contribution in [3.8, 4) is 0 Å². The summed E-state index contributed by atoms with van der Waals surface area (Å²) in [5.41, 5.74) is 8.01. The Labute approximate surface area is 142 Å². The maximum Gasteiger partial charge on any atom is 0.110 e. The van der Waals surface area contributed by atoms with Gasteiger partial charge < -0.3 is 5.73 Å². The van der Waals surface area contributed by atoms with Crippen molar-refractivity contribution in [1.82, 2.24) is 9.88 Å². The molecule has 21 heavy (non-hydrogen) atoms. The number of hydrogen-bond donors (Lipinski definition) is 1. The summed E-state index contributed by atoms with van der Waals surface area (Å²) in [6, 6.07) is 8.69. The Balaban J connectivity index is 0.00000110. The summed E-state index contributed by atoms with van der Waals surface area (Å²) < 4.78 is 0. The minimum Gasteiger partial charge on any atom is -0.399 e. The molecule has 1 aromatic heterocycles. The molecule has 0 bridgehead atoms. The number of rotatable bonds is 3. The summed E-state index contributed by atoms with van der Waals surface area (Å²) >= 11 is 1.77. The fourth-order valence-electron chi connectivity index (χ4n) is 2.78. The number of nitrogens with two attached hydrogens (primary N) is 1. The van der Waals surface area contributed by atoms with Gasteiger partial charge in [-0.15, -0.1) is 36.2 Å². The molecule has 2 N–H and O–H groups in total. The number of hydrogen-bond acceptors (Lipinski definition) is 4. The molecule has 0 amide bonds. The number of nitrogen functional groups attached to an aromatic ring is 1. The van der Waals surface area contributed by atoms with Gasteiger partial charge in [-0.2, -0.15) is 0 Å². The van der Waals surface area contributed by atoms with E-state index in [0.29, 0.717) is 6.04 Å². The fourth-order valence-corrected chi connectivity index (χ4v) is 3.59. The van der Waals surface area contributed by atoms with Gasteiger partial charge in [-0.25, -0.2) is 4.98 Å². The van der Waals surface area contributed by atoms with Crippen molar-refractivity contribution in [3.63, 3.8) is 0 Å². The van der Waals surface area contributed by atoms with Crippen LogP contribution < -0.4 is 5.73 Å². The zero-order valence-electron chi connectivity index (χ0n) is 11.8. The molecule has 1 atom stereocenters. The van der Waals surface area contributed by atoms with Crippen LogP contribution in [0.15, 0.2) is 35.8 Å². The van der Waals surface area contributed by atoms with Crippen molar-refractivity contribution < 1.29 is 0 Å². The molecule has 1 aliphatic heterocycles. The second kappa shape index (κ2) is 8.59. The number of thiazole rings is 1. The Kier molecular flexibility index (Phi) is 7.46. The molecule has 0 radical (unpaired) electrons. The second-order valence-electron chi connectivity index (χ2n) is 5.10. The predicted molar refractivity (Wildman–Crippen MR) is 94.5 cm³/mol. The Morgan fingerprint density at radius 3 is 2.86 bits per heavy atom. The normalized spacial score (nSPS) is 18.6. The number of halogens is 2. The first-order valence-corrected chi connectivity index (χ1v) is 7.69. The van der Waals surface area contributed by atoms with Gasteiger partial charge in [0.25, 0.3) is 0 Å². The average molecular weight is 346 g/mol. The lowest BCUT2D eigenvalue weighted by Crippen LogP contribution is -2.32. The van der Waals surface area contributed by atoms with Gasteiger partial charge in [-0.05, 0) is 37.1 Å². The van der Waals surface area contributed by atoms with Crippen molar-refractivity contribution in [3.05, 3.63) is 46.4 Å². The number of anilines is 1. The number of likely N-dealkylation sites (tertiary alicyclic amines) is 1. The van der Waals surface area contributed by atoms with Gasteiger partial charge >= 0.3 is 0 Å². The van der Waals surface area contributed by atoms with Crippen molar-refractivity contribution in [2.24, 2.45) is 0 Å². The average Bonchev–Trinajstić information content (AvgIpc) is 2.93. The summed E-state index contributed by atoms with van der Waals surface area (Å²) in [4.78, 5) is 7.04. The molecule has 3 rings (SSSR count). The molecule has 1 aliphatic rings. The van der Waals surface area contributed by atoms with Crippen LogP contribution in [-0.2, 0) is 6.54 Å². The molecule has 2 aromatic rings. The van der Waals surface area contributed by atoms with Gasteiger partial charge in [0.1, 0.15) is 5.01 Å². The molecule has 3 nitrogen and oxygen atoms in total. The molecule has 1 unspecified atom stereocenters. The zero-order chi connectivity index (χ0) is 13.1. The van der Waals surface area contributed by atoms with Crippen molar-refractivity contribution in [2.75, 3.05) is 12.3 Å². The molecule has 0 spiro atoms. The maximum absolute atomic E-state index is 5.86. The topological polar surface area (TPSA) is 42.1 Å². The van der Waals surface area contributed by atoms with Crippen LogP contribution in [0.5, 0.6) is 0 Å². The van der Waals surface area contributed by atoms with E-state index < -0.39 is 0 Å². The van der Waals surface area contributed by atoms with Crippen LogP contribution >= 0.6 is 36.2 Å².